The molecule has 0 saturated carbocycles. The fourth-order valence-electron chi connectivity index (χ4n) is 2.32. The van der Waals surface area contributed by atoms with Gasteiger partial charge >= 0.3 is 0 Å². The summed E-state index contributed by atoms with van der Waals surface area (Å²) in [5, 5.41) is 2.81. The first kappa shape index (κ1) is 16.8. The zero-order valence-electron chi connectivity index (χ0n) is 13.9. The second kappa shape index (κ2) is 8.19. The minimum Gasteiger partial charge on any atom is -0.497 e. The molecular weight excluding hydrogens is 291 g/mol. The normalized spacial score (nSPS) is 11.0. The largest absolute Gasteiger partial charge is 0.497 e. The van der Waals surface area contributed by atoms with Crippen molar-refractivity contribution in [2.75, 3.05) is 20.4 Å². The monoisotopic (exact) mass is 316 g/mol. The number of hydrogen-bond donors (Lipinski definition) is 0. The first-order chi connectivity index (χ1) is 10.6. The van der Waals surface area contributed by atoms with E-state index in [1.165, 1.54) is 23.2 Å². The van der Waals surface area contributed by atoms with E-state index in [4.69, 9.17) is 9.47 Å². The van der Waals surface area contributed by atoms with E-state index in [1.807, 2.05) is 0 Å². The van der Waals surface area contributed by atoms with Crippen molar-refractivity contribution in [3.05, 3.63) is 48.5 Å². The van der Waals surface area contributed by atoms with Gasteiger partial charge in [0.1, 0.15) is 11.5 Å². The molecule has 2 aromatic carbocycles. The predicted molar refractivity (Wildman–Crippen MR) is 96.5 cm³/mol. The molecule has 2 aromatic rings. The van der Waals surface area contributed by atoms with Crippen molar-refractivity contribution in [2.24, 2.45) is 5.92 Å². The summed E-state index contributed by atoms with van der Waals surface area (Å²) in [5.41, 5.74) is 0. The van der Waals surface area contributed by atoms with E-state index in [0.29, 0.717) is 0 Å². The fourth-order valence-corrected chi connectivity index (χ4v) is 4.93. The number of methoxy groups -OCH3 is 2. The molecule has 0 amide bonds. The van der Waals surface area contributed by atoms with Crippen molar-refractivity contribution in [1.29, 1.82) is 0 Å². The van der Waals surface area contributed by atoms with E-state index in [9.17, 15) is 0 Å². The van der Waals surface area contributed by atoms with Gasteiger partial charge in [0.05, 0.1) is 14.2 Å². The van der Waals surface area contributed by atoms with Gasteiger partial charge in [-0.05, 0) is 61.3 Å². The molecular formula is C19H25O2P. The molecule has 118 valence electrons. The van der Waals surface area contributed by atoms with Crippen LogP contribution in [0.5, 0.6) is 11.5 Å². The number of benzene rings is 2. The molecule has 0 aliphatic carbocycles. The maximum Gasteiger partial charge on any atom is 0.118 e. The molecule has 0 saturated heterocycles. The Hall–Kier alpha value is -1.53. The zero-order chi connectivity index (χ0) is 15.9. The summed E-state index contributed by atoms with van der Waals surface area (Å²) >= 11 is 0. The van der Waals surface area contributed by atoms with Gasteiger partial charge in [0.15, 0.2) is 0 Å². The molecule has 0 bridgehead atoms. The van der Waals surface area contributed by atoms with Crippen LogP contribution < -0.4 is 20.1 Å². The van der Waals surface area contributed by atoms with E-state index in [-0.39, 0.29) is 7.92 Å². The lowest BCUT2D eigenvalue weighted by molar-refractivity contribution is 0.415. The molecule has 0 aliphatic rings. The highest BCUT2D eigenvalue weighted by molar-refractivity contribution is 7.73. The van der Waals surface area contributed by atoms with Gasteiger partial charge in [-0.1, -0.05) is 38.1 Å². The Morgan fingerprint density at radius 1 is 0.773 bits per heavy atom. The zero-order valence-corrected chi connectivity index (χ0v) is 14.8. The Morgan fingerprint density at radius 3 is 1.50 bits per heavy atom. The van der Waals surface area contributed by atoms with Crippen molar-refractivity contribution >= 4 is 18.5 Å². The third kappa shape index (κ3) is 4.48. The highest BCUT2D eigenvalue weighted by atomic mass is 31.1. The van der Waals surface area contributed by atoms with Crippen LogP contribution in [0, 0.1) is 5.92 Å². The molecule has 0 fully saturated rings. The summed E-state index contributed by atoms with van der Waals surface area (Å²) in [6, 6.07) is 17.1. The SMILES string of the molecule is COc1ccc(P(CCC(C)C)c2ccc(OC)cc2)cc1. The molecule has 0 aromatic heterocycles. The Labute approximate surface area is 135 Å². The van der Waals surface area contributed by atoms with Gasteiger partial charge in [-0.25, -0.2) is 0 Å². The summed E-state index contributed by atoms with van der Waals surface area (Å²) in [6.45, 7) is 4.57. The molecule has 0 N–H and O–H groups in total. The van der Waals surface area contributed by atoms with Gasteiger partial charge in [-0.15, -0.1) is 0 Å². The van der Waals surface area contributed by atoms with Crippen LogP contribution in [0.25, 0.3) is 0 Å². The Balaban J connectivity index is 2.27. The minimum atomic E-state index is -0.329. The minimum absolute atomic E-state index is 0.329. The van der Waals surface area contributed by atoms with E-state index in [2.05, 4.69) is 62.4 Å². The summed E-state index contributed by atoms with van der Waals surface area (Å²) in [5.74, 6) is 2.55. The van der Waals surface area contributed by atoms with Crippen molar-refractivity contribution in [3.63, 3.8) is 0 Å². The Morgan fingerprint density at radius 2 is 1.18 bits per heavy atom. The van der Waals surface area contributed by atoms with Crippen LogP contribution >= 0.6 is 7.92 Å². The molecule has 0 aliphatic heterocycles. The Bertz CT molecular complexity index is 513. The second-order valence-electron chi connectivity index (χ2n) is 5.73. The molecule has 2 rings (SSSR count). The lowest BCUT2D eigenvalue weighted by Gasteiger charge is -2.20. The molecule has 0 heterocycles. The lowest BCUT2D eigenvalue weighted by Crippen LogP contribution is -2.15. The fraction of sp³-hybridized carbons (Fsp3) is 0.368. The summed E-state index contributed by atoms with van der Waals surface area (Å²) in [6.07, 6.45) is 2.45. The first-order valence-corrected chi connectivity index (χ1v) is 9.22. The summed E-state index contributed by atoms with van der Waals surface area (Å²) in [4.78, 5) is 0. The third-order valence-electron chi connectivity index (χ3n) is 3.70. The highest BCUT2D eigenvalue weighted by Crippen LogP contribution is 2.36. The topological polar surface area (TPSA) is 18.5 Å². The van der Waals surface area contributed by atoms with Crippen molar-refractivity contribution in [1.82, 2.24) is 0 Å². The molecule has 3 heteroatoms. The van der Waals surface area contributed by atoms with E-state index in [0.717, 1.165) is 17.4 Å². The standard InChI is InChI=1S/C19H25O2P/c1-15(2)13-14-22(18-9-5-16(20-3)6-10-18)19-11-7-17(21-4)8-12-19/h5-12,15H,13-14H2,1-4H3. The number of ether oxygens (including phenoxy) is 2. The van der Waals surface area contributed by atoms with Crippen LogP contribution in [-0.2, 0) is 0 Å². The second-order valence-corrected chi connectivity index (χ2v) is 8.07. The third-order valence-corrected chi connectivity index (χ3v) is 6.25. The quantitative estimate of drug-likeness (QED) is 0.713. The van der Waals surface area contributed by atoms with Gasteiger partial charge in [0.25, 0.3) is 0 Å². The molecule has 0 spiro atoms. The molecule has 2 nitrogen and oxygen atoms in total. The van der Waals surface area contributed by atoms with Crippen LogP contribution in [0.3, 0.4) is 0 Å². The van der Waals surface area contributed by atoms with Crippen LogP contribution in [0.15, 0.2) is 48.5 Å². The van der Waals surface area contributed by atoms with E-state index in [1.54, 1.807) is 14.2 Å². The van der Waals surface area contributed by atoms with Gasteiger partial charge in [-0.2, -0.15) is 0 Å². The lowest BCUT2D eigenvalue weighted by atomic mass is 10.2. The van der Waals surface area contributed by atoms with Crippen molar-refractivity contribution in [2.45, 2.75) is 20.3 Å². The predicted octanol–water partition coefficient (Wildman–Crippen LogP) is 4.18. The van der Waals surface area contributed by atoms with Gasteiger partial charge in [0.2, 0.25) is 0 Å². The van der Waals surface area contributed by atoms with Crippen LogP contribution in [0.1, 0.15) is 20.3 Å². The summed E-state index contributed by atoms with van der Waals surface area (Å²) in [7, 11) is 3.09. The average Bonchev–Trinajstić information content (AvgIpc) is 2.56. The van der Waals surface area contributed by atoms with Crippen molar-refractivity contribution in [3.8, 4) is 11.5 Å². The highest BCUT2D eigenvalue weighted by Gasteiger charge is 2.14. The summed E-state index contributed by atoms with van der Waals surface area (Å²) < 4.78 is 10.5. The molecule has 22 heavy (non-hydrogen) atoms. The number of rotatable bonds is 7. The smallest absolute Gasteiger partial charge is 0.118 e. The van der Waals surface area contributed by atoms with Gasteiger partial charge in [-0.3, -0.25) is 0 Å². The first-order valence-electron chi connectivity index (χ1n) is 7.69. The van der Waals surface area contributed by atoms with Crippen LogP contribution in [0.4, 0.5) is 0 Å². The maximum absolute atomic E-state index is 5.27. The maximum atomic E-state index is 5.27. The molecule has 0 atom stereocenters. The van der Waals surface area contributed by atoms with Crippen LogP contribution in [0.2, 0.25) is 0 Å². The van der Waals surface area contributed by atoms with Gasteiger partial charge < -0.3 is 9.47 Å². The Kier molecular flexibility index (Phi) is 6.27. The molecule has 0 radical (unpaired) electrons. The van der Waals surface area contributed by atoms with Crippen molar-refractivity contribution < 1.29 is 9.47 Å². The number of hydrogen-bond acceptors (Lipinski definition) is 2. The van der Waals surface area contributed by atoms with E-state index < -0.39 is 0 Å². The van der Waals surface area contributed by atoms with E-state index >= 15 is 0 Å². The molecule has 0 unspecified atom stereocenters. The van der Waals surface area contributed by atoms with Crippen LogP contribution in [-0.4, -0.2) is 20.4 Å². The average molecular weight is 316 g/mol. The van der Waals surface area contributed by atoms with Gasteiger partial charge in [0, 0.05) is 0 Å².